The van der Waals surface area contributed by atoms with E-state index in [1.165, 1.54) is 0 Å². The number of hydrogen-bond donors (Lipinski definition) is 1. The Bertz CT molecular complexity index is 420. The maximum atomic E-state index is 12.1. The van der Waals surface area contributed by atoms with E-state index in [9.17, 15) is 9.59 Å². The van der Waals surface area contributed by atoms with Crippen LogP contribution in [0.1, 0.15) is 6.42 Å². The van der Waals surface area contributed by atoms with E-state index < -0.39 is 13.5 Å². The molecule has 0 spiro atoms. The molecule has 3 nitrogen and oxygen atoms in total. The van der Waals surface area contributed by atoms with Crippen LogP contribution in [0.15, 0.2) is 24.3 Å². The molecule has 2 aliphatic rings. The summed E-state index contributed by atoms with van der Waals surface area (Å²) in [4.78, 5) is 23.8. The Morgan fingerprint density at radius 2 is 2.00 bits per heavy atom. The molecule has 2 atom stereocenters. The number of rotatable bonds is 3. The number of carbonyl (C=O) groups excluding carboxylic acids is 2. The minimum Gasteiger partial charge on any atom is -0.295 e. The highest BCUT2D eigenvalue weighted by atomic mass is 28.3. The molecule has 0 aromatic carbocycles. The topological polar surface area (TPSA) is 46.2 Å². The highest BCUT2D eigenvalue weighted by Gasteiger charge is 2.52. The predicted octanol–water partition coefficient (Wildman–Crippen LogP) is 2.10. The van der Waals surface area contributed by atoms with E-state index in [1.807, 2.05) is 24.3 Å². The Balaban J connectivity index is 2.26. The zero-order valence-corrected chi connectivity index (χ0v) is 11.6. The van der Waals surface area contributed by atoms with Gasteiger partial charge in [0.25, 0.3) is 0 Å². The first kappa shape index (κ1) is 12.3. The Labute approximate surface area is 103 Å². The largest absolute Gasteiger partial charge is 0.295 e. The SMILES string of the molecule is C[Si](C)(C)CCC12C=CC=CC1C(=O)NC2=O. The normalized spacial score (nSPS) is 31.6. The molecular formula is C13H19NO2Si. The highest BCUT2D eigenvalue weighted by molar-refractivity contribution is 6.76. The van der Waals surface area contributed by atoms with Gasteiger partial charge in [0.15, 0.2) is 0 Å². The van der Waals surface area contributed by atoms with Gasteiger partial charge in [0.1, 0.15) is 0 Å². The zero-order chi connectivity index (χ0) is 12.7. The summed E-state index contributed by atoms with van der Waals surface area (Å²) in [7, 11) is -1.21. The molecule has 17 heavy (non-hydrogen) atoms. The predicted molar refractivity (Wildman–Crippen MR) is 70.1 cm³/mol. The average Bonchev–Trinajstić information content (AvgIpc) is 2.49. The lowest BCUT2D eigenvalue weighted by atomic mass is 9.72. The number of allylic oxidation sites excluding steroid dienone is 2. The van der Waals surface area contributed by atoms with Gasteiger partial charge in [0, 0.05) is 8.07 Å². The Morgan fingerprint density at radius 1 is 1.29 bits per heavy atom. The molecule has 4 heteroatoms. The lowest BCUT2D eigenvalue weighted by Crippen LogP contribution is -2.36. The van der Waals surface area contributed by atoms with Gasteiger partial charge in [-0.25, -0.2) is 0 Å². The molecular weight excluding hydrogens is 230 g/mol. The quantitative estimate of drug-likeness (QED) is 0.615. The van der Waals surface area contributed by atoms with Crippen LogP contribution in [-0.4, -0.2) is 19.9 Å². The fraction of sp³-hybridized carbons (Fsp3) is 0.538. The molecule has 92 valence electrons. The van der Waals surface area contributed by atoms with E-state index in [1.54, 1.807) is 0 Å². The summed E-state index contributed by atoms with van der Waals surface area (Å²) in [5, 5.41) is 2.47. The van der Waals surface area contributed by atoms with Crippen molar-refractivity contribution in [3.8, 4) is 0 Å². The van der Waals surface area contributed by atoms with Gasteiger partial charge in [0.2, 0.25) is 11.8 Å². The maximum absolute atomic E-state index is 12.1. The number of imide groups is 1. The van der Waals surface area contributed by atoms with Gasteiger partial charge >= 0.3 is 0 Å². The van der Waals surface area contributed by atoms with Crippen LogP contribution in [0.2, 0.25) is 25.7 Å². The molecule has 1 N–H and O–H groups in total. The van der Waals surface area contributed by atoms with Crippen LogP contribution in [0, 0.1) is 11.3 Å². The van der Waals surface area contributed by atoms with E-state index >= 15 is 0 Å². The fourth-order valence-electron chi connectivity index (χ4n) is 2.46. The second-order valence-electron chi connectivity index (χ2n) is 6.14. The summed E-state index contributed by atoms with van der Waals surface area (Å²) in [6, 6.07) is 1.06. The minimum atomic E-state index is -1.21. The molecule has 1 heterocycles. The van der Waals surface area contributed by atoms with Gasteiger partial charge < -0.3 is 0 Å². The van der Waals surface area contributed by atoms with E-state index in [2.05, 4.69) is 25.0 Å². The van der Waals surface area contributed by atoms with Crippen molar-refractivity contribution in [1.29, 1.82) is 0 Å². The van der Waals surface area contributed by atoms with Crippen molar-refractivity contribution in [3.05, 3.63) is 24.3 Å². The molecule has 0 radical (unpaired) electrons. The summed E-state index contributed by atoms with van der Waals surface area (Å²) < 4.78 is 0. The van der Waals surface area contributed by atoms with Crippen molar-refractivity contribution in [2.75, 3.05) is 0 Å². The molecule has 2 rings (SSSR count). The summed E-state index contributed by atoms with van der Waals surface area (Å²) in [5.41, 5.74) is -0.605. The van der Waals surface area contributed by atoms with E-state index in [4.69, 9.17) is 0 Å². The van der Waals surface area contributed by atoms with Crippen LogP contribution < -0.4 is 5.32 Å². The van der Waals surface area contributed by atoms with Gasteiger partial charge in [-0.15, -0.1) is 0 Å². The second-order valence-corrected chi connectivity index (χ2v) is 11.8. The number of amides is 2. The first-order valence-corrected chi connectivity index (χ1v) is 9.77. The number of fused-ring (bicyclic) bond motifs is 1. The van der Waals surface area contributed by atoms with Crippen LogP contribution in [0.3, 0.4) is 0 Å². The fourth-order valence-corrected chi connectivity index (χ4v) is 3.62. The van der Waals surface area contributed by atoms with E-state index in [0.717, 1.165) is 12.5 Å². The molecule has 1 aliphatic carbocycles. The lowest BCUT2D eigenvalue weighted by molar-refractivity contribution is -0.127. The van der Waals surface area contributed by atoms with Crippen LogP contribution >= 0.6 is 0 Å². The van der Waals surface area contributed by atoms with Gasteiger partial charge in [-0.05, 0) is 6.42 Å². The highest BCUT2D eigenvalue weighted by Crippen LogP contribution is 2.43. The molecule has 0 bridgehead atoms. The van der Waals surface area contributed by atoms with Gasteiger partial charge in [0.05, 0.1) is 11.3 Å². The number of carbonyl (C=O) groups is 2. The minimum absolute atomic E-state index is 0.119. The van der Waals surface area contributed by atoms with Gasteiger partial charge in [-0.1, -0.05) is 50.0 Å². The zero-order valence-electron chi connectivity index (χ0n) is 10.6. The molecule has 1 saturated heterocycles. The molecule has 1 aliphatic heterocycles. The third-order valence-corrected chi connectivity index (χ3v) is 5.34. The summed E-state index contributed by atoms with van der Waals surface area (Å²) in [6.45, 7) is 6.86. The Hall–Kier alpha value is -1.16. The van der Waals surface area contributed by atoms with Crippen LogP contribution in [0.5, 0.6) is 0 Å². The van der Waals surface area contributed by atoms with Gasteiger partial charge in [-0.2, -0.15) is 0 Å². The van der Waals surface area contributed by atoms with E-state index in [-0.39, 0.29) is 17.7 Å². The average molecular weight is 249 g/mol. The summed E-state index contributed by atoms with van der Waals surface area (Å²) in [5.74, 6) is -0.561. The first-order chi connectivity index (χ1) is 7.85. The summed E-state index contributed by atoms with van der Waals surface area (Å²) >= 11 is 0. The standard InChI is InChI=1S/C13H19NO2Si/c1-17(2,3)9-8-13-7-5-4-6-10(13)11(15)14-12(13)16/h4-7,10H,8-9H2,1-3H3,(H,14,15,16). The first-order valence-electron chi connectivity index (χ1n) is 6.06. The van der Waals surface area contributed by atoms with Crippen LogP contribution in [0.25, 0.3) is 0 Å². The van der Waals surface area contributed by atoms with Crippen molar-refractivity contribution in [2.24, 2.45) is 11.3 Å². The second kappa shape index (κ2) is 3.94. The molecule has 2 unspecified atom stereocenters. The molecule has 2 amide bonds. The van der Waals surface area contributed by atoms with Crippen LogP contribution in [-0.2, 0) is 9.59 Å². The molecule has 0 saturated carbocycles. The lowest BCUT2D eigenvalue weighted by Gasteiger charge is -2.30. The van der Waals surface area contributed by atoms with Crippen molar-refractivity contribution >= 4 is 19.9 Å². The Kier molecular flexibility index (Phi) is 2.85. The third kappa shape index (κ3) is 2.14. The Morgan fingerprint density at radius 3 is 2.65 bits per heavy atom. The van der Waals surface area contributed by atoms with Crippen molar-refractivity contribution in [1.82, 2.24) is 5.32 Å². The van der Waals surface area contributed by atoms with E-state index in [0.29, 0.717) is 0 Å². The summed E-state index contributed by atoms with van der Waals surface area (Å²) in [6.07, 6.45) is 8.29. The van der Waals surface area contributed by atoms with Crippen molar-refractivity contribution in [2.45, 2.75) is 32.1 Å². The van der Waals surface area contributed by atoms with Crippen LogP contribution in [0.4, 0.5) is 0 Å². The monoisotopic (exact) mass is 249 g/mol. The van der Waals surface area contributed by atoms with Crippen molar-refractivity contribution in [3.63, 3.8) is 0 Å². The number of nitrogens with one attached hydrogen (secondary N) is 1. The maximum Gasteiger partial charge on any atom is 0.237 e. The number of hydrogen-bond acceptors (Lipinski definition) is 2. The third-order valence-electron chi connectivity index (χ3n) is 3.59. The smallest absolute Gasteiger partial charge is 0.237 e. The molecule has 0 aromatic rings. The molecule has 0 aromatic heterocycles. The van der Waals surface area contributed by atoms with Crippen molar-refractivity contribution < 1.29 is 9.59 Å². The molecule has 1 fully saturated rings. The van der Waals surface area contributed by atoms with Gasteiger partial charge in [-0.3, -0.25) is 14.9 Å².